The standard InChI is InChI=1S/C21H23N3O4S3/c1-3-28-16-6-9-18-19(12-16)30-21(22-18)29-13-20(25)23-10-11-24(14-23)31(26,27)17-7-4-15(2)5-8-17/h4-9,12H,3,10-11,13-14H2,1-2H3. The highest BCUT2D eigenvalue weighted by Gasteiger charge is 2.33. The van der Waals surface area contributed by atoms with Crippen LogP contribution < -0.4 is 4.74 Å². The molecule has 2 heterocycles. The van der Waals surface area contributed by atoms with Crippen LogP contribution in [0.3, 0.4) is 0 Å². The molecule has 7 nitrogen and oxygen atoms in total. The molecule has 0 atom stereocenters. The van der Waals surface area contributed by atoms with Gasteiger partial charge in [-0.2, -0.15) is 4.31 Å². The Morgan fingerprint density at radius 2 is 1.97 bits per heavy atom. The molecule has 1 aliphatic rings. The molecule has 0 bridgehead atoms. The van der Waals surface area contributed by atoms with E-state index in [1.807, 2.05) is 32.0 Å². The first-order chi connectivity index (χ1) is 14.9. The number of thiazole rings is 1. The van der Waals surface area contributed by atoms with E-state index in [4.69, 9.17) is 4.74 Å². The summed E-state index contributed by atoms with van der Waals surface area (Å²) in [5, 5.41) is 0. The Hall–Kier alpha value is -2.14. The number of benzene rings is 2. The number of aromatic nitrogens is 1. The molecule has 2 aromatic carbocycles. The van der Waals surface area contributed by atoms with Gasteiger partial charge in [0.15, 0.2) is 4.34 Å². The molecule has 0 N–H and O–H groups in total. The van der Waals surface area contributed by atoms with Gasteiger partial charge < -0.3 is 9.64 Å². The summed E-state index contributed by atoms with van der Waals surface area (Å²) in [5.74, 6) is 0.926. The zero-order chi connectivity index (χ0) is 22.0. The van der Waals surface area contributed by atoms with Gasteiger partial charge in [-0.1, -0.05) is 29.5 Å². The second kappa shape index (κ2) is 9.15. The molecule has 1 aliphatic heterocycles. The minimum Gasteiger partial charge on any atom is -0.494 e. The van der Waals surface area contributed by atoms with Crippen molar-refractivity contribution < 1.29 is 17.9 Å². The van der Waals surface area contributed by atoms with E-state index in [1.165, 1.54) is 27.4 Å². The van der Waals surface area contributed by atoms with Crippen molar-refractivity contribution in [3.8, 4) is 5.75 Å². The first-order valence-electron chi connectivity index (χ1n) is 9.87. The van der Waals surface area contributed by atoms with E-state index < -0.39 is 10.0 Å². The molecule has 0 spiro atoms. The number of fused-ring (bicyclic) bond motifs is 1. The van der Waals surface area contributed by atoms with Crippen LogP contribution in [-0.2, 0) is 14.8 Å². The largest absolute Gasteiger partial charge is 0.494 e. The number of ether oxygens (including phenoxy) is 1. The molecular weight excluding hydrogens is 454 g/mol. The van der Waals surface area contributed by atoms with Crippen LogP contribution in [-0.4, -0.2) is 60.6 Å². The number of amides is 1. The highest BCUT2D eigenvalue weighted by Crippen LogP contribution is 2.32. The predicted molar refractivity (Wildman–Crippen MR) is 123 cm³/mol. The molecule has 10 heteroatoms. The van der Waals surface area contributed by atoms with Crippen molar-refractivity contribution in [1.82, 2.24) is 14.2 Å². The normalized spacial score (nSPS) is 15.0. The average Bonchev–Trinajstić information content (AvgIpc) is 3.40. The summed E-state index contributed by atoms with van der Waals surface area (Å²) in [5.41, 5.74) is 1.87. The molecule has 0 aliphatic carbocycles. The molecule has 3 aromatic rings. The quantitative estimate of drug-likeness (QED) is 0.484. The highest BCUT2D eigenvalue weighted by molar-refractivity contribution is 8.01. The van der Waals surface area contributed by atoms with Gasteiger partial charge >= 0.3 is 0 Å². The summed E-state index contributed by atoms with van der Waals surface area (Å²) in [6, 6.07) is 12.5. The van der Waals surface area contributed by atoms with E-state index in [1.54, 1.807) is 29.2 Å². The van der Waals surface area contributed by atoms with E-state index in [2.05, 4.69) is 4.98 Å². The Labute approximate surface area is 190 Å². The smallest absolute Gasteiger partial charge is 0.244 e. The van der Waals surface area contributed by atoms with Crippen molar-refractivity contribution in [3.63, 3.8) is 0 Å². The van der Waals surface area contributed by atoms with Crippen LogP contribution in [0.25, 0.3) is 10.2 Å². The maximum absolute atomic E-state index is 12.8. The molecule has 1 amide bonds. The number of carbonyl (C=O) groups is 1. The first-order valence-corrected chi connectivity index (χ1v) is 13.1. The van der Waals surface area contributed by atoms with Gasteiger partial charge in [0, 0.05) is 13.1 Å². The Kier molecular flexibility index (Phi) is 6.52. The van der Waals surface area contributed by atoms with Crippen molar-refractivity contribution in [2.45, 2.75) is 23.1 Å². The Morgan fingerprint density at radius 1 is 1.19 bits per heavy atom. The lowest BCUT2D eigenvalue weighted by Gasteiger charge is -2.18. The third kappa shape index (κ3) is 4.87. The van der Waals surface area contributed by atoms with E-state index in [0.717, 1.165) is 25.9 Å². The Balaban J connectivity index is 1.36. The lowest BCUT2D eigenvalue weighted by atomic mass is 10.2. The predicted octanol–water partition coefficient (Wildman–Crippen LogP) is 3.59. The third-order valence-electron chi connectivity index (χ3n) is 4.93. The molecule has 1 aromatic heterocycles. The molecule has 4 rings (SSSR count). The second-order valence-electron chi connectivity index (χ2n) is 7.12. The number of thioether (sulfide) groups is 1. The number of hydrogen-bond donors (Lipinski definition) is 0. The van der Waals surface area contributed by atoms with Gasteiger partial charge in [0.05, 0.1) is 34.1 Å². The maximum Gasteiger partial charge on any atom is 0.244 e. The number of sulfonamides is 1. The maximum atomic E-state index is 12.8. The molecular formula is C21H23N3O4S3. The monoisotopic (exact) mass is 477 g/mol. The van der Waals surface area contributed by atoms with Gasteiger partial charge in [-0.3, -0.25) is 4.79 Å². The topological polar surface area (TPSA) is 79.8 Å². The fourth-order valence-electron chi connectivity index (χ4n) is 3.24. The highest BCUT2D eigenvalue weighted by atomic mass is 32.2. The number of hydrogen-bond acceptors (Lipinski definition) is 7. The van der Waals surface area contributed by atoms with Crippen LogP contribution in [0.2, 0.25) is 0 Å². The molecule has 0 unspecified atom stereocenters. The van der Waals surface area contributed by atoms with Crippen LogP contribution in [0.15, 0.2) is 51.7 Å². The van der Waals surface area contributed by atoms with Crippen LogP contribution in [0.1, 0.15) is 12.5 Å². The lowest BCUT2D eigenvalue weighted by molar-refractivity contribution is -0.127. The Bertz CT molecular complexity index is 1190. The minimum absolute atomic E-state index is 0.0766. The van der Waals surface area contributed by atoms with Gasteiger partial charge in [0.25, 0.3) is 0 Å². The van der Waals surface area contributed by atoms with E-state index >= 15 is 0 Å². The van der Waals surface area contributed by atoms with E-state index in [-0.39, 0.29) is 23.2 Å². The SMILES string of the molecule is CCOc1ccc2nc(SCC(=O)N3CCN(S(=O)(=O)c4ccc(C)cc4)C3)sc2c1. The number of nitrogens with zero attached hydrogens (tertiary/aromatic N) is 3. The summed E-state index contributed by atoms with van der Waals surface area (Å²) >= 11 is 2.89. The Morgan fingerprint density at radius 3 is 2.71 bits per heavy atom. The summed E-state index contributed by atoms with van der Waals surface area (Å²) in [4.78, 5) is 19.1. The van der Waals surface area contributed by atoms with Crippen LogP contribution in [0.4, 0.5) is 0 Å². The third-order valence-corrected chi connectivity index (χ3v) is 8.92. The molecule has 1 saturated heterocycles. The summed E-state index contributed by atoms with van der Waals surface area (Å²) < 4.78 is 34.4. The second-order valence-corrected chi connectivity index (χ2v) is 11.3. The molecule has 0 radical (unpaired) electrons. The molecule has 164 valence electrons. The number of rotatable bonds is 7. The minimum atomic E-state index is -3.60. The van der Waals surface area contributed by atoms with Crippen molar-refractivity contribution >= 4 is 49.2 Å². The van der Waals surface area contributed by atoms with Crippen molar-refractivity contribution in [2.24, 2.45) is 0 Å². The van der Waals surface area contributed by atoms with Crippen LogP contribution >= 0.6 is 23.1 Å². The van der Waals surface area contributed by atoms with Gasteiger partial charge in [0.2, 0.25) is 15.9 Å². The molecule has 1 fully saturated rings. The van der Waals surface area contributed by atoms with Crippen LogP contribution in [0.5, 0.6) is 5.75 Å². The summed E-state index contributed by atoms with van der Waals surface area (Å²) in [6.07, 6.45) is 0. The van der Waals surface area contributed by atoms with Crippen molar-refractivity contribution in [2.75, 3.05) is 32.1 Å². The molecule has 31 heavy (non-hydrogen) atoms. The summed E-state index contributed by atoms with van der Waals surface area (Å²) in [7, 11) is -3.60. The zero-order valence-electron chi connectivity index (χ0n) is 17.3. The van der Waals surface area contributed by atoms with Gasteiger partial charge in [0.1, 0.15) is 5.75 Å². The fourth-order valence-corrected chi connectivity index (χ4v) is 6.63. The van der Waals surface area contributed by atoms with Gasteiger partial charge in [-0.15, -0.1) is 11.3 Å². The van der Waals surface area contributed by atoms with Crippen molar-refractivity contribution in [1.29, 1.82) is 0 Å². The number of aryl methyl sites for hydroxylation is 1. The summed E-state index contributed by atoms with van der Waals surface area (Å²) in [6.45, 7) is 5.22. The van der Waals surface area contributed by atoms with E-state index in [9.17, 15) is 13.2 Å². The lowest BCUT2D eigenvalue weighted by Crippen LogP contribution is -2.34. The van der Waals surface area contributed by atoms with Crippen molar-refractivity contribution in [3.05, 3.63) is 48.0 Å². The zero-order valence-corrected chi connectivity index (χ0v) is 19.7. The van der Waals surface area contributed by atoms with E-state index in [0.29, 0.717) is 19.7 Å². The fraction of sp³-hybridized carbons (Fsp3) is 0.333. The van der Waals surface area contributed by atoms with Gasteiger partial charge in [-0.25, -0.2) is 13.4 Å². The number of carbonyl (C=O) groups excluding carboxylic acids is 1. The van der Waals surface area contributed by atoms with Gasteiger partial charge in [-0.05, 0) is 44.2 Å². The van der Waals surface area contributed by atoms with Crippen LogP contribution in [0, 0.1) is 6.92 Å². The molecule has 0 saturated carbocycles. The first kappa shape index (κ1) is 22.1. The average molecular weight is 478 g/mol.